The molecule has 130 valence electrons. The monoisotopic (exact) mass is 341 g/mol. The first-order chi connectivity index (χ1) is 12.1. The highest BCUT2D eigenvalue weighted by Gasteiger charge is 2.29. The van der Waals surface area contributed by atoms with Crippen LogP contribution in [0.1, 0.15) is 29.7 Å². The van der Waals surface area contributed by atoms with Gasteiger partial charge in [-0.3, -0.25) is 4.79 Å². The molecule has 2 heterocycles. The van der Waals surface area contributed by atoms with Crippen LogP contribution in [0.2, 0.25) is 0 Å². The molecule has 2 aliphatic rings. The minimum absolute atomic E-state index is 0.0126. The van der Waals surface area contributed by atoms with Crippen molar-refractivity contribution in [2.75, 3.05) is 19.8 Å². The Labute approximate surface area is 146 Å². The smallest absolute Gasteiger partial charge is 0.227 e. The minimum Gasteiger partial charge on any atom is -0.486 e. The Balaban J connectivity index is 1.56. The van der Waals surface area contributed by atoms with Crippen LogP contribution in [-0.4, -0.2) is 30.6 Å². The second kappa shape index (κ2) is 6.39. The quantitative estimate of drug-likeness (QED) is 0.841. The van der Waals surface area contributed by atoms with E-state index in [1.165, 1.54) is 17.7 Å². The summed E-state index contributed by atoms with van der Waals surface area (Å²) in [5.74, 6) is 1.23. The van der Waals surface area contributed by atoms with Crippen molar-refractivity contribution in [3.05, 3.63) is 58.9 Å². The van der Waals surface area contributed by atoms with E-state index >= 15 is 0 Å². The van der Waals surface area contributed by atoms with Crippen LogP contribution < -0.4 is 9.47 Å². The van der Waals surface area contributed by atoms with Gasteiger partial charge in [-0.15, -0.1) is 0 Å². The Morgan fingerprint density at radius 2 is 1.96 bits per heavy atom. The largest absolute Gasteiger partial charge is 0.486 e. The van der Waals surface area contributed by atoms with Crippen LogP contribution in [0, 0.1) is 5.82 Å². The molecule has 0 N–H and O–H groups in total. The lowest BCUT2D eigenvalue weighted by atomic mass is 9.92. The fourth-order valence-corrected chi connectivity index (χ4v) is 3.62. The Kier molecular flexibility index (Phi) is 4.07. The van der Waals surface area contributed by atoms with E-state index in [4.69, 9.17) is 9.47 Å². The van der Waals surface area contributed by atoms with Gasteiger partial charge in [-0.05, 0) is 54.3 Å². The second-order valence-corrected chi connectivity index (χ2v) is 6.51. The highest BCUT2D eigenvalue weighted by atomic mass is 19.1. The maximum atomic E-state index is 13.3. The van der Waals surface area contributed by atoms with E-state index in [0.717, 1.165) is 23.5 Å². The van der Waals surface area contributed by atoms with E-state index in [0.29, 0.717) is 25.3 Å². The molecule has 0 aliphatic carbocycles. The van der Waals surface area contributed by atoms with Gasteiger partial charge in [0.2, 0.25) is 5.91 Å². The number of hydrogen-bond acceptors (Lipinski definition) is 3. The molecule has 4 nitrogen and oxygen atoms in total. The third kappa shape index (κ3) is 3.06. The summed E-state index contributed by atoms with van der Waals surface area (Å²) in [6.07, 6.45) is 0.993. The standard InChI is InChI=1S/C20H20FNO3/c1-13-17-12-19-18(24-7-8-25-19)11-15(17)5-6-22(13)20(23)10-14-3-2-4-16(21)9-14/h2-4,9,11-13H,5-8,10H2,1H3. The van der Waals surface area contributed by atoms with E-state index in [9.17, 15) is 9.18 Å². The predicted molar refractivity (Wildman–Crippen MR) is 91.4 cm³/mol. The van der Waals surface area contributed by atoms with Crippen LogP contribution in [0.25, 0.3) is 0 Å². The Morgan fingerprint density at radius 3 is 2.72 bits per heavy atom. The average molecular weight is 341 g/mol. The van der Waals surface area contributed by atoms with Crippen molar-refractivity contribution in [2.45, 2.75) is 25.8 Å². The molecule has 0 saturated heterocycles. The summed E-state index contributed by atoms with van der Waals surface area (Å²) < 4.78 is 24.7. The minimum atomic E-state index is -0.314. The van der Waals surface area contributed by atoms with Crippen molar-refractivity contribution in [1.82, 2.24) is 4.90 Å². The van der Waals surface area contributed by atoms with Gasteiger partial charge in [-0.1, -0.05) is 12.1 Å². The number of hydrogen-bond donors (Lipinski definition) is 0. The van der Waals surface area contributed by atoms with Gasteiger partial charge >= 0.3 is 0 Å². The third-order valence-corrected chi connectivity index (χ3v) is 4.91. The molecule has 2 aromatic rings. The number of benzene rings is 2. The molecule has 0 spiro atoms. The highest BCUT2D eigenvalue weighted by Crippen LogP contribution is 2.39. The van der Waals surface area contributed by atoms with Gasteiger partial charge in [0.15, 0.2) is 11.5 Å². The average Bonchev–Trinajstić information content (AvgIpc) is 2.60. The van der Waals surface area contributed by atoms with Crippen LogP contribution in [0.4, 0.5) is 4.39 Å². The second-order valence-electron chi connectivity index (χ2n) is 6.51. The Morgan fingerprint density at radius 1 is 1.20 bits per heavy atom. The SMILES string of the molecule is CC1c2cc3c(cc2CCN1C(=O)Cc1cccc(F)c1)OCCO3. The van der Waals surface area contributed by atoms with Crippen LogP contribution in [0.3, 0.4) is 0 Å². The van der Waals surface area contributed by atoms with Crippen molar-refractivity contribution in [1.29, 1.82) is 0 Å². The molecule has 0 radical (unpaired) electrons. The summed E-state index contributed by atoms with van der Waals surface area (Å²) in [5.41, 5.74) is 3.00. The molecule has 0 fully saturated rings. The molecule has 4 rings (SSSR count). The van der Waals surface area contributed by atoms with Crippen molar-refractivity contribution < 1.29 is 18.7 Å². The molecule has 25 heavy (non-hydrogen) atoms. The number of amides is 1. The van der Waals surface area contributed by atoms with Gasteiger partial charge in [0, 0.05) is 6.54 Å². The fraction of sp³-hybridized carbons (Fsp3) is 0.350. The first-order valence-corrected chi connectivity index (χ1v) is 8.58. The zero-order chi connectivity index (χ0) is 17.4. The molecule has 1 atom stereocenters. The molecule has 2 aromatic carbocycles. The fourth-order valence-electron chi connectivity index (χ4n) is 3.62. The van der Waals surface area contributed by atoms with Crippen LogP contribution in [0.15, 0.2) is 36.4 Å². The van der Waals surface area contributed by atoms with E-state index < -0.39 is 0 Å². The number of ether oxygens (including phenoxy) is 2. The Bertz CT molecular complexity index is 821. The zero-order valence-electron chi connectivity index (χ0n) is 14.1. The van der Waals surface area contributed by atoms with Gasteiger partial charge in [-0.25, -0.2) is 4.39 Å². The number of halogens is 1. The maximum Gasteiger partial charge on any atom is 0.227 e. The lowest BCUT2D eigenvalue weighted by molar-refractivity contribution is -0.133. The van der Waals surface area contributed by atoms with Gasteiger partial charge in [0.1, 0.15) is 19.0 Å². The van der Waals surface area contributed by atoms with Crippen LogP contribution in [0.5, 0.6) is 11.5 Å². The summed E-state index contributed by atoms with van der Waals surface area (Å²) in [4.78, 5) is 14.6. The van der Waals surface area contributed by atoms with Crippen LogP contribution in [-0.2, 0) is 17.6 Å². The molecule has 5 heteroatoms. The number of fused-ring (bicyclic) bond motifs is 2. The summed E-state index contributed by atoms with van der Waals surface area (Å²) in [5, 5.41) is 0. The van der Waals surface area contributed by atoms with Gasteiger partial charge in [0.05, 0.1) is 12.5 Å². The van der Waals surface area contributed by atoms with Gasteiger partial charge < -0.3 is 14.4 Å². The van der Waals surface area contributed by atoms with Gasteiger partial charge in [-0.2, -0.15) is 0 Å². The molecule has 0 aromatic heterocycles. The number of rotatable bonds is 2. The lowest BCUT2D eigenvalue weighted by Gasteiger charge is -2.36. The molecule has 0 bridgehead atoms. The molecule has 2 aliphatic heterocycles. The summed E-state index contributed by atoms with van der Waals surface area (Å²) in [6.45, 7) is 3.79. The van der Waals surface area contributed by atoms with Crippen molar-refractivity contribution in [2.24, 2.45) is 0 Å². The predicted octanol–water partition coefficient (Wildman–Crippen LogP) is 3.29. The van der Waals surface area contributed by atoms with E-state index in [-0.39, 0.29) is 24.2 Å². The first-order valence-electron chi connectivity index (χ1n) is 8.58. The zero-order valence-corrected chi connectivity index (χ0v) is 14.1. The van der Waals surface area contributed by atoms with Crippen molar-refractivity contribution in [3.63, 3.8) is 0 Å². The van der Waals surface area contributed by atoms with E-state index in [1.807, 2.05) is 24.0 Å². The molecule has 1 unspecified atom stereocenters. The molecular weight excluding hydrogens is 321 g/mol. The maximum absolute atomic E-state index is 13.3. The summed E-state index contributed by atoms with van der Waals surface area (Å²) in [7, 11) is 0. The van der Waals surface area contributed by atoms with Crippen molar-refractivity contribution in [3.8, 4) is 11.5 Å². The normalized spacial score (nSPS) is 18.6. The van der Waals surface area contributed by atoms with E-state index in [2.05, 4.69) is 0 Å². The molecule has 0 saturated carbocycles. The van der Waals surface area contributed by atoms with Gasteiger partial charge in [0.25, 0.3) is 0 Å². The lowest BCUT2D eigenvalue weighted by Crippen LogP contribution is -2.39. The molecule has 1 amide bonds. The number of nitrogens with zero attached hydrogens (tertiary/aromatic N) is 1. The van der Waals surface area contributed by atoms with Crippen molar-refractivity contribution >= 4 is 5.91 Å². The summed E-state index contributed by atoms with van der Waals surface area (Å²) >= 11 is 0. The number of carbonyl (C=O) groups is 1. The third-order valence-electron chi connectivity index (χ3n) is 4.91. The first kappa shape index (κ1) is 15.9. The topological polar surface area (TPSA) is 38.8 Å². The molecular formula is C20H20FNO3. The number of carbonyl (C=O) groups excluding carboxylic acids is 1. The van der Waals surface area contributed by atoms with E-state index in [1.54, 1.807) is 12.1 Å². The highest BCUT2D eigenvalue weighted by molar-refractivity contribution is 5.79. The van der Waals surface area contributed by atoms with Crippen LogP contribution >= 0.6 is 0 Å². The summed E-state index contributed by atoms with van der Waals surface area (Å²) in [6, 6.07) is 10.2. The Hall–Kier alpha value is -2.56.